The van der Waals surface area contributed by atoms with Crippen molar-refractivity contribution >= 4 is 35.4 Å². The second kappa shape index (κ2) is 10.8. The average Bonchev–Trinajstić information content (AvgIpc) is 2.65. The number of esters is 1. The van der Waals surface area contributed by atoms with Gasteiger partial charge in [0.05, 0.1) is 11.6 Å². The SMILES string of the molecule is CCOC(=O)/C=C/c1cnc(NCCNC(=O)C2CCCCC2)c(Cl)c1. The molecule has 2 N–H and O–H groups in total. The van der Waals surface area contributed by atoms with Gasteiger partial charge in [0.1, 0.15) is 5.82 Å². The predicted molar refractivity (Wildman–Crippen MR) is 103 cm³/mol. The fourth-order valence-corrected chi connectivity index (χ4v) is 3.15. The molecule has 1 aliphatic rings. The normalized spacial score (nSPS) is 15.0. The molecule has 1 fully saturated rings. The first-order chi connectivity index (χ1) is 12.6. The Morgan fingerprint density at radius 1 is 1.31 bits per heavy atom. The summed E-state index contributed by atoms with van der Waals surface area (Å²) in [6.45, 7) is 3.16. The molecular weight excluding hydrogens is 354 g/mol. The summed E-state index contributed by atoms with van der Waals surface area (Å²) in [4.78, 5) is 27.6. The second-order valence-electron chi connectivity index (χ2n) is 6.24. The Hall–Kier alpha value is -2.08. The van der Waals surface area contributed by atoms with Gasteiger partial charge in [-0.3, -0.25) is 4.79 Å². The van der Waals surface area contributed by atoms with E-state index < -0.39 is 5.97 Å². The summed E-state index contributed by atoms with van der Waals surface area (Å²) < 4.78 is 4.82. The van der Waals surface area contributed by atoms with Crippen LogP contribution < -0.4 is 10.6 Å². The molecule has 0 aliphatic heterocycles. The molecule has 1 amide bonds. The van der Waals surface area contributed by atoms with E-state index in [-0.39, 0.29) is 11.8 Å². The number of hydrogen-bond donors (Lipinski definition) is 2. The van der Waals surface area contributed by atoms with Crippen molar-refractivity contribution < 1.29 is 14.3 Å². The molecule has 0 saturated heterocycles. The molecule has 2 rings (SSSR count). The number of nitrogens with one attached hydrogen (secondary N) is 2. The number of carbonyl (C=O) groups is 2. The molecule has 0 atom stereocenters. The van der Waals surface area contributed by atoms with Crippen LogP contribution in [0.4, 0.5) is 5.82 Å². The van der Waals surface area contributed by atoms with Crippen LogP contribution in [0.1, 0.15) is 44.6 Å². The monoisotopic (exact) mass is 379 g/mol. The van der Waals surface area contributed by atoms with Gasteiger partial charge >= 0.3 is 5.97 Å². The molecule has 0 unspecified atom stereocenters. The number of ether oxygens (including phenoxy) is 1. The number of halogens is 1. The Labute approximate surface area is 159 Å². The minimum Gasteiger partial charge on any atom is -0.463 e. The molecule has 26 heavy (non-hydrogen) atoms. The zero-order chi connectivity index (χ0) is 18.8. The summed E-state index contributed by atoms with van der Waals surface area (Å²) in [7, 11) is 0. The van der Waals surface area contributed by atoms with Crippen LogP contribution in [0.15, 0.2) is 18.3 Å². The molecule has 0 aromatic carbocycles. The van der Waals surface area contributed by atoms with Crippen molar-refractivity contribution in [2.45, 2.75) is 39.0 Å². The van der Waals surface area contributed by atoms with Gasteiger partial charge in [0, 0.05) is 31.3 Å². The van der Waals surface area contributed by atoms with E-state index in [1.165, 1.54) is 12.5 Å². The summed E-state index contributed by atoms with van der Waals surface area (Å²) in [6, 6.07) is 1.72. The van der Waals surface area contributed by atoms with E-state index in [4.69, 9.17) is 16.3 Å². The van der Waals surface area contributed by atoms with E-state index in [9.17, 15) is 9.59 Å². The zero-order valence-corrected chi connectivity index (χ0v) is 15.8. The van der Waals surface area contributed by atoms with Crippen molar-refractivity contribution in [1.29, 1.82) is 0 Å². The third-order valence-electron chi connectivity index (χ3n) is 4.25. The molecule has 1 aromatic heterocycles. The van der Waals surface area contributed by atoms with Crippen LogP contribution in [0.2, 0.25) is 5.02 Å². The fourth-order valence-electron chi connectivity index (χ4n) is 2.90. The number of pyridine rings is 1. The molecule has 0 spiro atoms. The summed E-state index contributed by atoms with van der Waals surface area (Å²) in [6.07, 6.45) is 10.1. The van der Waals surface area contributed by atoms with Gasteiger partial charge in [0.2, 0.25) is 5.91 Å². The lowest BCUT2D eigenvalue weighted by Crippen LogP contribution is -2.35. The highest BCUT2D eigenvalue weighted by atomic mass is 35.5. The Bertz CT molecular complexity index is 643. The lowest BCUT2D eigenvalue weighted by molar-refractivity contribution is -0.137. The van der Waals surface area contributed by atoms with Crippen molar-refractivity contribution in [2.75, 3.05) is 25.0 Å². The summed E-state index contributed by atoms with van der Waals surface area (Å²) in [5, 5.41) is 6.53. The van der Waals surface area contributed by atoms with Crippen molar-refractivity contribution in [3.05, 3.63) is 28.9 Å². The topological polar surface area (TPSA) is 80.3 Å². The van der Waals surface area contributed by atoms with Gasteiger partial charge in [0.15, 0.2) is 0 Å². The summed E-state index contributed by atoms with van der Waals surface area (Å²) >= 11 is 6.21. The highest BCUT2D eigenvalue weighted by molar-refractivity contribution is 6.33. The van der Waals surface area contributed by atoms with Crippen LogP contribution in [0.25, 0.3) is 6.08 Å². The Balaban J connectivity index is 1.75. The van der Waals surface area contributed by atoms with Gasteiger partial charge in [0.25, 0.3) is 0 Å². The van der Waals surface area contributed by atoms with Gasteiger partial charge in [-0.15, -0.1) is 0 Å². The van der Waals surface area contributed by atoms with E-state index in [2.05, 4.69) is 15.6 Å². The van der Waals surface area contributed by atoms with Crippen LogP contribution in [0.3, 0.4) is 0 Å². The van der Waals surface area contributed by atoms with Crippen LogP contribution in [-0.2, 0) is 14.3 Å². The van der Waals surface area contributed by atoms with Gasteiger partial charge in [-0.05, 0) is 37.5 Å². The first kappa shape index (κ1) is 20.2. The number of aromatic nitrogens is 1. The maximum atomic E-state index is 12.1. The van der Waals surface area contributed by atoms with Gasteiger partial charge < -0.3 is 15.4 Å². The van der Waals surface area contributed by atoms with Gasteiger partial charge in [-0.25, -0.2) is 9.78 Å². The van der Waals surface area contributed by atoms with Crippen molar-refractivity contribution in [3.63, 3.8) is 0 Å². The highest BCUT2D eigenvalue weighted by Crippen LogP contribution is 2.23. The predicted octanol–water partition coefficient (Wildman–Crippen LogP) is 3.42. The van der Waals surface area contributed by atoms with Crippen molar-refractivity contribution in [3.8, 4) is 0 Å². The minimum atomic E-state index is -0.403. The van der Waals surface area contributed by atoms with Crippen molar-refractivity contribution in [2.24, 2.45) is 5.92 Å². The van der Waals surface area contributed by atoms with E-state index in [1.54, 1.807) is 25.3 Å². The third-order valence-corrected chi connectivity index (χ3v) is 4.54. The first-order valence-corrected chi connectivity index (χ1v) is 9.50. The molecule has 1 heterocycles. The molecule has 142 valence electrons. The molecule has 1 aromatic rings. The number of rotatable bonds is 8. The Morgan fingerprint density at radius 2 is 2.08 bits per heavy atom. The number of anilines is 1. The molecule has 0 radical (unpaired) electrons. The maximum absolute atomic E-state index is 12.1. The third kappa shape index (κ3) is 6.67. The van der Waals surface area contributed by atoms with Crippen LogP contribution in [0.5, 0.6) is 0 Å². The smallest absolute Gasteiger partial charge is 0.330 e. The largest absolute Gasteiger partial charge is 0.463 e. The zero-order valence-electron chi connectivity index (χ0n) is 15.1. The van der Waals surface area contributed by atoms with E-state index in [0.717, 1.165) is 25.7 Å². The van der Waals surface area contributed by atoms with E-state index in [0.29, 0.717) is 36.1 Å². The number of hydrogen-bond acceptors (Lipinski definition) is 5. The molecule has 1 saturated carbocycles. The molecular formula is C19H26ClN3O3. The summed E-state index contributed by atoms with van der Waals surface area (Å²) in [5.41, 5.74) is 0.708. The number of carbonyl (C=O) groups excluding carboxylic acids is 2. The van der Waals surface area contributed by atoms with Crippen molar-refractivity contribution in [1.82, 2.24) is 10.3 Å². The molecule has 0 bridgehead atoms. The molecule has 7 heteroatoms. The lowest BCUT2D eigenvalue weighted by atomic mass is 9.89. The highest BCUT2D eigenvalue weighted by Gasteiger charge is 2.20. The van der Waals surface area contributed by atoms with E-state index >= 15 is 0 Å². The van der Waals surface area contributed by atoms with E-state index in [1.807, 2.05) is 0 Å². The number of nitrogens with zero attached hydrogens (tertiary/aromatic N) is 1. The van der Waals surface area contributed by atoms with Gasteiger partial charge in [-0.1, -0.05) is 30.9 Å². The second-order valence-corrected chi connectivity index (χ2v) is 6.64. The number of amides is 1. The Kier molecular flexibility index (Phi) is 8.41. The molecule has 6 nitrogen and oxygen atoms in total. The Morgan fingerprint density at radius 3 is 2.77 bits per heavy atom. The standard InChI is InChI=1S/C19H26ClN3O3/c1-2-26-17(24)9-8-14-12-16(20)18(23-13-14)21-10-11-22-19(25)15-6-4-3-5-7-15/h8-9,12-13,15H,2-7,10-11H2,1H3,(H,21,23)(H,22,25)/b9-8+. The van der Waals surface area contributed by atoms with Crippen LogP contribution >= 0.6 is 11.6 Å². The van der Waals surface area contributed by atoms with Crippen LogP contribution in [-0.4, -0.2) is 36.6 Å². The average molecular weight is 380 g/mol. The van der Waals surface area contributed by atoms with Crippen LogP contribution in [0, 0.1) is 5.92 Å². The fraction of sp³-hybridized carbons (Fsp3) is 0.526. The quantitative estimate of drug-likeness (QED) is 0.411. The summed E-state index contributed by atoms with van der Waals surface area (Å²) in [5.74, 6) is 0.451. The first-order valence-electron chi connectivity index (χ1n) is 9.12. The minimum absolute atomic E-state index is 0.144. The van der Waals surface area contributed by atoms with Gasteiger partial charge in [-0.2, -0.15) is 0 Å². The maximum Gasteiger partial charge on any atom is 0.330 e. The lowest BCUT2D eigenvalue weighted by Gasteiger charge is -2.20. The molecule has 1 aliphatic carbocycles.